The highest BCUT2D eigenvalue weighted by Crippen LogP contribution is 2.64. The van der Waals surface area contributed by atoms with Crippen LogP contribution in [0.5, 0.6) is 11.5 Å². The summed E-state index contributed by atoms with van der Waals surface area (Å²) < 4.78 is 5.37. The number of benzene rings is 4. The second kappa shape index (κ2) is 12.0. The normalized spacial score (nSPS) is 27.3. The Labute approximate surface area is 294 Å². The number of hydrogen-bond donors (Lipinski definition) is 1. The number of allylic oxidation sites excluding steroid dienone is 4. The van der Waals surface area contributed by atoms with E-state index in [1.807, 2.05) is 79.7 Å². The van der Waals surface area contributed by atoms with Crippen molar-refractivity contribution in [2.24, 2.45) is 23.7 Å². The number of Topliss-reactive ketones (excluding diaryl/α,β-unsaturated/α-hetero) is 1. The van der Waals surface area contributed by atoms with E-state index in [0.29, 0.717) is 39.4 Å². The largest absolute Gasteiger partial charge is 0.504 e. The van der Waals surface area contributed by atoms with Gasteiger partial charge in [-0.2, -0.15) is 0 Å². The van der Waals surface area contributed by atoms with E-state index in [9.17, 15) is 14.7 Å². The van der Waals surface area contributed by atoms with Crippen molar-refractivity contribution in [2.45, 2.75) is 31.1 Å². The Morgan fingerprint density at radius 1 is 0.860 bits per heavy atom. The number of hydrogen-bond acceptors (Lipinski definition) is 6. The molecule has 1 saturated carbocycles. The van der Waals surface area contributed by atoms with E-state index in [-0.39, 0.29) is 41.3 Å². The van der Waals surface area contributed by atoms with Crippen molar-refractivity contribution in [3.63, 3.8) is 0 Å². The smallest absolute Gasteiger partial charge is 0.238 e. The maximum atomic E-state index is 15.1. The average molecular weight is 684 g/mol. The molecule has 50 heavy (non-hydrogen) atoms. The highest BCUT2D eigenvalue weighted by Gasteiger charge is 2.66. The number of imide groups is 1. The van der Waals surface area contributed by atoms with E-state index in [2.05, 4.69) is 0 Å². The maximum absolute atomic E-state index is 15.1. The molecule has 1 heterocycles. The number of aromatic hydroxyl groups is 1. The van der Waals surface area contributed by atoms with Crippen LogP contribution in [0.15, 0.2) is 115 Å². The summed E-state index contributed by atoms with van der Waals surface area (Å²) >= 11 is 6.45. The Hall–Kier alpha value is -5.27. The number of rotatable bonds is 5. The molecule has 0 bridgehead atoms. The van der Waals surface area contributed by atoms with Crippen molar-refractivity contribution in [3.8, 4) is 11.5 Å². The SMILES string of the molecule is COc1ccc([C@H]2C3=CC[C@@H]4C(=O)N(c5ccc(C)c(Cl)c5)C(=O)[C@@H]4[C@@H]3C[C@H]3C(=O)C(c4ccccc4)=CC(=O)[C@@]23c2ccccc2)cc1O. The third kappa shape index (κ3) is 4.56. The van der Waals surface area contributed by atoms with Crippen LogP contribution in [0.25, 0.3) is 5.57 Å². The summed E-state index contributed by atoms with van der Waals surface area (Å²) in [5.74, 6) is -4.42. The molecule has 4 aromatic rings. The van der Waals surface area contributed by atoms with Gasteiger partial charge in [0.1, 0.15) is 0 Å². The number of ketones is 2. The number of anilines is 1. The lowest BCUT2D eigenvalue weighted by atomic mass is 9.44. The van der Waals surface area contributed by atoms with E-state index in [4.69, 9.17) is 16.3 Å². The highest BCUT2D eigenvalue weighted by atomic mass is 35.5. The lowest BCUT2D eigenvalue weighted by Crippen LogP contribution is -2.58. The van der Waals surface area contributed by atoms with Gasteiger partial charge in [-0.05, 0) is 78.3 Å². The van der Waals surface area contributed by atoms with Gasteiger partial charge in [0.25, 0.3) is 0 Å². The van der Waals surface area contributed by atoms with Crippen molar-refractivity contribution in [1.29, 1.82) is 0 Å². The molecular weight excluding hydrogens is 650 g/mol. The van der Waals surface area contributed by atoms with Crippen LogP contribution >= 0.6 is 11.6 Å². The minimum atomic E-state index is -1.39. The van der Waals surface area contributed by atoms with Crippen LogP contribution in [0.4, 0.5) is 5.69 Å². The molecule has 2 fully saturated rings. The second-order valence-corrected chi connectivity index (χ2v) is 14.1. The summed E-state index contributed by atoms with van der Waals surface area (Å²) in [5, 5.41) is 11.5. The molecule has 0 spiro atoms. The predicted octanol–water partition coefficient (Wildman–Crippen LogP) is 7.39. The molecule has 1 aliphatic heterocycles. The minimum absolute atomic E-state index is 0.106. The van der Waals surface area contributed by atoms with Gasteiger partial charge >= 0.3 is 0 Å². The number of phenols is 1. The molecule has 0 radical (unpaired) electrons. The van der Waals surface area contributed by atoms with E-state index >= 15 is 9.59 Å². The fraction of sp³-hybridized carbons (Fsp3) is 0.238. The number of ether oxygens (including phenoxy) is 1. The summed E-state index contributed by atoms with van der Waals surface area (Å²) in [6.45, 7) is 1.86. The van der Waals surface area contributed by atoms with Crippen LogP contribution in [-0.4, -0.2) is 35.6 Å². The first-order valence-electron chi connectivity index (χ1n) is 16.8. The van der Waals surface area contributed by atoms with Gasteiger partial charge in [0.15, 0.2) is 23.1 Å². The molecule has 0 aromatic heterocycles. The molecule has 8 heteroatoms. The van der Waals surface area contributed by atoms with E-state index in [0.717, 1.165) is 11.1 Å². The lowest BCUT2D eigenvalue weighted by Gasteiger charge is -2.55. The average Bonchev–Trinajstić information content (AvgIpc) is 3.39. The zero-order chi connectivity index (χ0) is 34.9. The lowest BCUT2D eigenvalue weighted by molar-refractivity contribution is -0.135. The van der Waals surface area contributed by atoms with Gasteiger partial charge in [-0.25, -0.2) is 4.90 Å². The van der Waals surface area contributed by atoms with Crippen LogP contribution in [0.1, 0.15) is 41.0 Å². The van der Waals surface area contributed by atoms with Crippen LogP contribution in [0, 0.1) is 30.6 Å². The monoisotopic (exact) mass is 683 g/mol. The molecule has 1 N–H and O–H groups in total. The van der Waals surface area contributed by atoms with Crippen LogP contribution in [0.2, 0.25) is 5.02 Å². The third-order valence-corrected chi connectivity index (χ3v) is 11.7. The molecule has 0 unspecified atom stereocenters. The number of methoxy groups -OCH3 is 1. The number of carbonyl (C=O) groups excluding carboxylic acids is 4. The van der Waals surface area contributed by atoms with Gasteiger partial charge in [-0.3, -0.25) is 19.2 Å². The van der Waals surface area contributed by atoms with Crippen molar-refractivity contribution >= 4 is 46.2 Å². The number of phenolic OH excluding ortho intramolecular Hbond substituents is 1. The topological polar surface area (TPSA) is 101 Å². The predicted molar refractivity (Wildman–Crippen MR) is 190 cm³/mol. The summed E-state index contributed by atoms with van der Waals surface area (Å²) in [4.78, 5) is 60.0. The number of nitrogens with zero attached hydrogens (tertiary/aromatic N) is 1. The molecule has 4 aromatic carbocycles. The second-order valence-electron chi connectivity index (χ2n) is 13.7. The fourth-order valence-electron chi connectivity index (χ4n) is 9.11. The van der Waals surface area contributed by atoms with Crippen molar-refractivity contribution in [1.82, 2.24) is 0 Å². The van der Waals surface area contributed by atoms with Crippen LogP contribution in [-0.2, 0) is 24.6 Å². The first-order chi connectivity index (χ1) is 24.2. The fourth-order valence-corrected chi connectivity index (χ4v) is 9.29. The number of halogens is 1. The first-order valence-corrected chi connectivity index (χ1v) is 17.2. The third-order valence-electron chi connectivity index (χ3n) is 11.3. The number of carbonyl (C=O) groups is 4. The maximum Gasteiger partial charge on any atom is 0.238 e. The van der Waals surface area contributed by atoms with Gasteiger partial charge in [0.2, 0.25) is 11.8 Å². The zero-order valence-corrected chi connectivity index (χ0v) is 28.3. The molecular formula is C42H34ClNO6. The molecule has 6 atom stereocenters. The standard InChI is InChI=1S/C42H34ClNO6/c1-23-13-15-27(20-33(23)43)44-40(48)29-17-16-28-31(37(29)41(44)49)21-32-39(47)30(24-9-5-3-6-10-24)22-36(46)42(32,26-11-7-4-8-12-26)38(28)25-14-18-35(50-2)34(45)19-25/h3-16,18-20,22,29,31-32,37-38,45H,17,21H2,1-2H3/t29-,31+,32-,37-,38-,42-/m0/s1. The molecule has 3 aliphatic carbocycles. The summed E-state index contributed by atoms with van der Waals surface area (Å²) in [6, 6.07) is 28.7. The molecule has 4 aliphatic rings. The molecule has 1 saturated heterocycles. The number of amides is 2. The quantitative estimate of drug-likeness (QED) is 0.174. The summed E-state index contributed by atoms with van der Waals surface area (Å²) in [5.41, 5.74) is 2.93. The summed E-state index contributed by atoms with van der Waals surface area (Å²) in [6.07, 6.45) is 3.97. The highest BCUT2D eigenvalue weighted by molar-refractivity contribution is 6.33. The van der Waals surface area contributed by atoms with Gasteiger partial charge < -0.3 is 9.84 Å². The van der Waals surface area contributed by atoms with Crippen LogP contribution < -0.4 is 9.64 Å². The van der Waals surface area contributed by atoms with Gasteiger partial charge in [-0.15, -0.1) is 0 Å². The van der Waals surface area contributed by atoms with Crippen LogP contribution in [0.3, 0.4) is 0 Å². The number of fused-ring (bicyclic) bond motifs is 4. The zero-order valence-electron chi connectivity index (χ0n) is 27.5. The van der Waals surface area contributed by atoms with Gasteiger partial charge in [-0.1, -0.05) is 96.0 Å². The molecule has 8 rings (SSSR count). The Morgan fingerprint density at radius 2 is 1.58 bits per heavy atom. The van der Waals surface area contributed by atoms with E-state index in [1.54, 1.807) is 30.3 Å². The molecule has 2 amide bonds. The molecule has 250 valence electrons. The Balaban J connectivity index is 1.36. The number of aryl methyl sites for hydroxylation is 1. The van der Waals surface area contributed by atoms with Gasteiger partial charge in [0, 0.05) is 22.4 Å². The summed E-state index contributed by atoms with van der Waals surface area (Å²) in [7, 11) is 1.46. The van der Waals surface area contributed by atoms with Gasteiger partial charge in [0.05, 0.1) is 30.0 Å². The Bertz CT molecular complexity index is 2160. The van der Waals surface area contributed by atoms with Crippen molar-refractivity contribution in [3.05, 3.63) is 142 Å². The molecule has 7 nitrogen and oxygen atoms in total. The minimum Gasteiger partial charge on any atom is -0.504 e. The Morgan fingerprint density at radius 3 is 2.26 bits per heavy atom. The van der Waals surface area contributed by atoms with E-state index < -0.39 is 35.0 Å². The first kappa shape index (κ1) is 32.0. The van der Waals surface area contributed by atoms with Crippen molar-refractivity contribution < 1.29 is 29.0 Å². The Kier molecular flexibility index (Phi) is 7.64. The van der Waals surface area contributed by atoms with E-state index in [1.165, 1.54) is 18.1 Å². The van der Waals surface area contributed by atoms with Crippen molar-refractivity contribution in [2.75, 3.05) is 12.0 Å².